The van der Waals surface area contributed by atoms with E-state index in [0.717, 1.165) is 19.3 Å². The highest BCUT2D eigenvalue weighted by molar-refractivity contribution is 5.75. The second-order valence-electron chi connectivity index (χ2n) is 6.74. The average molecular weight is 314 g/mol. The molecule has 6 nitrogen and oxygen atoms in total. The molecule has 6 heteroatoms. The van der Waals surface area contributed by atoms with Crippen molar-refractivity contribution in [3.63, 3.8) is 0 Å². The van der Waals surface area contributed by atoms with E-state index in [0.29, 0.717) is 19.7 Å². The van der Waals surface area contributed by atoms with Gasteiger partial charge in [-0.1, -0.05) is 0 Å². The summed E-state index contributed by atoms with van der Waals surface area (Å²) in [7, 11) is 0. The molecule has 1 saturated heterocycles. The van der Waals surface area contributed by atoms with Gasteiger partial charge in [-0.05, 0) is 53.9 Å². The highest BCUT2D eigenvalue weighted by Gasteiger charge is 2.26. The van der Waals surface area contributed by atoms with Crippen molar-refractivity contribution < 1.29 is 19.1 Å². The predicted molar refractivity (Wildman–Crippen MR) is 84.7 cm³/mol. The summed E-state index contributed by atoms with van der Waals surface area (Å²) < 4.78 is 10.4. The summed E-state index contributed by atoms with van der Waals surface area (Å²) in [6.45, 7) is 10.9. The van der Waals surface area contributed by atoms with E-state index >= 15 is 0 Å². The van der Waals surface area contributed by atoms with Crippen LogP contribution in [0, 0.1) is 0 Å². The molecule has 2 atom stereocenters. The molecule has 0 spiro atoms. The van der Waals surface area contributed by atoms with Crippen molar-refractivity contribution in [1.82, 2.24) is 10.2 Å². The van der Waals surface area contributed by atoms with Crippen LogP contribution in [0.4, 0.5) is 4.79 Å². The molecule has 1 aliphatic rings. The molecular weight excluding hydrogens is 284 g/mol. The fraction of sp³-hybridized carbons (Fsp3) is 0.875. The number of hydrogen-bond donors (Lipinski definition) is 1. The molecule has 128 valence electrons. The Balaban J connectivity index is 2.45. The lowest BCUT2D eigenvalue weighted by Gasteiger charge is -2.26. The van der Waals surface area contributed by atoms with E-state index in [9.17, 15) is 9.59 Å². The summed E-state index contributed by atoms with van der Waals surface area (Å²) >= 11 is 0. The van der Waals surface area contributed by atoms with Gasteiger partial charge in [0.15, 0.2) is 0 Å². The highest BCUT2D eigenvalue weighted by Crippen LogP contribution is 2.16. The quantitative estimate of drug-likeness (QED) is 0.807. The van der Waals surface area contributed by atoms with Crippen molar-refractivity contribution in [3.8, 4) is 0 Å². The second kappa shape index (κ2) is 8.36. The lowest BCUT2D eigenvalue weighted by atomic mass is 10.1. The number of esters is 1. The van der Waals surface area contributed by atoms with E-state index in [4.69, 9.17) is 9.47 Å². The van der Waals surface area contributed by atoms with Crippen LogP contribution in [0.25, 0.3) is 0 Å². The Morgan fingerprint density at radius 1 is 1.27 bits per heavy atom. The van der Waals surface area contributed by atoms with Crippen LogP contribution in [0.15, 0.2) is 0 Å². The molecule has 1 N–H and O–H groups in total. The lowest BCUT2D eigenvalue weighted by molar-refractivity contribution is -0.145. The van der Waals surface area contributed by atoms with Gasteiger partial charge in [0.1, 0.15) is 11.6 Å². The van der Waals surface area contributed by atoms with Crippen LogP contribution in [0.3, 0.4) is 0 Å². The molecule has 1 heterocycles. The van der Waals surface area contributed by atoms with Crippen LogP contribution < -0.4 is 5.32 Å². The van der Waals surface area contributed by atoms with Gasteiger partial charge < -0.3 is 19.7 Å². The number of rotatable bonds is 4. The molecule has 1 amide bonds. The number of carbonyl (C=O) groups excluding carboxylic acids is 2. The molecule has 0 bridgehead atoms. The Kier molecular flexibility index (Phi) is 7.13. The Morgan fingerprint density at radius 2 is 1.95 bits per heavy atom. The minimum Gasteiger partial charge on any atom is -0.465 e. The maximum atomic E-state index is 12.1. The number of nitrogens with one attached hydrogen (secondary N) is 1. The van der Waals surface area contributed by atoms with Crippen molar-refractivity contribution in [2.24, 2.45) is 0 Å². The maximum Gasteiger partial charge on any atom is 0.410 e. The average Bonchev–Trinajstić information content (AvgIpc) is 2.62. The van der Waals surface area contributed by atoms with E-state index in [1.165, 1.54) is 0 Å². The summed E-state index contributed by atoms with van der Waals surface area (Å²) in [4.78, 5) is 25.5. The Bertz CT molecular complexity index is 379. The third kappa shape index (κ3) is 6.64. The van der Waals surface area contributed by atoms with Gasteiger partial charge in [-0.15, -0.1) is 0 Å². The minimum absolute atomic E-state index is 0.215. The van der Waals surface area contributed by atoms with Crippen molar-refractivity contribution in [3.05, 3.63) is 0 Å². The number of amides is 1. The van der Waals surface area contributed by atoms with Gasteiger partial charge in [0.2, 0.25) is 0 Å². The van der Waals surface area contributed by atoms with E-state index in [1.807, 2.05) is 27.7 Å². The molecule has 0 saturated carbocycles. The summed E-state index contributed by atoms with van der Waals surface area (Å²) in [5.74, 6) is -0.226. The molecule has 2 unspecified atom stereocenters. The first-order chi connectivity index (χ1) is 10.2. The normalized spacial score (nSPS) is 21.0. The minimum atomic E-state index is -0.473. The van der Waals surface area contributed by atoms with E-state index in [1.54, 1.807) is 11.8 Å². The van der Waals surface area contributed by atoms with E-state index in [2.05, 4.69) is 5.32 Å². The summed E-state index contributed by atoms with van der Waals surface area (Å²) in [6.07, 6.45) is 2.38. The van der Waals surface area contributed by atoms with Crippen LogP contribution in [0.5, 0.6) is 0 Å². The lowest BCUT2D eigenvalue weighted by Crippen LogP contribution is -2.43. The monoisotopic (exact) mass is 314 g/mol. The van der Waals surface area contributed by atoms with Crippen molar-refractivity contribution in [2.45, 2.75) is 71.6 Å². The van der Waals surface area contributed by atoms with Gasteiger partial charge >= 0.3 is 12.1 Å². The van der Waals surface area contributed by atoms with Gasteiger partial charge in [0.25, 0.3) is 0 Å². The molecule has 22 heavy (non-hydrogen) atoms. The molecule has 0 aliphatic carbocycles. The first-order valence-corrected chi connectivity index (χ1v) is 8.13. The third-order valence-electron chi connectivity index (χ3n) is 3.51. The molecular formula is C16H30N2O4. The molecule has 0 aromatic carbocycles. The van der Waals surface area contributed by atoms with E-state index in [-0.39, 0.29) is 24.1 Å². The third-order valence-corrected chi connectivity index (χ3v) is 3.51. The van der Waals surface area contributed by atoms with Gasteiger partial charge in [-0.3, -0.25) is 4.79 Å². The molecule has 0 aromatic rings. The summed E-state index contributed by atoms with van der Waals surface area (Å²) in [5.41, 5.74) is -0.473. The van der Waals surface area contributed by atoms with Crippen LogP contribution in [0.2, 0.25) is 0 Å². The summed E-state index contributed by atoms with van der Waals surface area (Å²) in [6, 6.07) is -0.107. The zero-order valence-corrected chi connectivity index (χ0v) is 14.5. The van der Waals surface area contributed by atoms with Gasteiger partial charge in [0.05, 0.1) is 6.61 Å². The number of hydrogen-bond acceptors (Lipinski definition) is 5. The zero-order chi connectivity index (χ0) is 16.8. The molecule has 1 aliphatic heterocycles. The molecule has 0 radical (unpaired) electrons. The first kappa shape index (κ1) is 18.7. The van der Waals surface area contributed by atoms with Gasteiger partial charge in [0, 0.05) is 19.1 Å². The number of carbonyl (C=O) groups is 2. The molecule has 1 fully saturated rings. The highest BCUT2D eigenvalue weighted by atomic mass is 16.6. The number of nitrogens with zero attached hydrogens (tertiary/aromatic N) is 1. The van der Waals surface area contributed by atoms with Gasteiger partial charge in [-0.25, -0.2) is 4.79 Å². The smallest absolute Gasteiger partial charge is 0.410 e. The topological polar surface area (TPSA) is 67.9 Å². The van der Waals surface area contributed by atoms with Crippen LogP contribution in [-0.4, -0.2) is 54.3 Å². The Labute approximate surface area is 133 Å². The fourth-order valence-corrected chi connectivity index (χ4v) is 2.46. The maximum absolute atomic E-state index is 12.1. The van der Waals surface area contributed by atoms with Crippen LogP contribution in [-0.2, 0) is 14.3 Å². The number of likely N-dealkylation sites (tertiary alicyclic amines) is 1. The largest absolute Gasteiger partial charge is 0.465 e. The Morgan fingerprint density at radius 3 is 2.55 bits per heavy atom. The SMILES string of the molecule is CCOC(=O)C(C)NC1CCCN(C(=O)OC(C)(C)C)CC1. The standard InChI is InChI=1S/C16H30N2O4/c1-6-21-14(19)12(2)17-13-8-7-10-18(11-9-13)15(20)22-16(3,4)5/h12-13,17H,6-11H2,1-5H3. The Hall–Kier alpha value is -1.30. The van der Waals surface area contributed by atoms with Crippen molar-refractivity contribution in [1.29, 1.82) is 0 Å². The molecule has 1 rings (SSSR count). The van der Waals surface area contributed by atoms with E-state index < -0.39 is 5.60 Å². The second-order valence-corrected chi connectivity index (χ2v) is 6.74. The first-order valence-electron chi connectivity index (χ1n) is 8.13. The fourth-order valence-electron chi connectivity index (χ4n) is 2.46. The van der Waals surface area contributed by atoms with Crippen LogP contribution >= 0.6 is 0 Å². The zero-order valence-electron chi connectivity index (χ0n) is 14.5. The van der Waals surface area contributed by atoms with Crippen LogP contribution in [0.1, 0.15) is 53.9 Å². The molecule has 0 aromatic heterocycles. The van der Waals surface area contributed by atoms with Crippen molar-refractivity contribution >= 4 is 12.1 Å². The van der Waals surface area contributed by atoms with Gasteiger partial charge in [-0.2, -0.15) is 0 Å². The number of ether oxygens (including phenoxy) is 2. The predicted octanol–water partition coefficient (Wildman–Crippen LogP) is 2.32. The van der Waals surface area contributed by atoms with Crippen molar-refractivity contribution in [2.75, 3.05) is 19.7 Å². The summed E-state index contributed by atoms with van der Waals surface area (Å²) in [5, 5.41) is 3.30.